The molecule has 0 saturated carbocycles. The van der Waals surface area contributed by atoms with Gasteiger partial charge in [-0.3, -0.25) is 14.4 Å². The highest BCUT2D eigenvalue weighted by atomic mass is 16.5. The van der Waals surface area contributed by atoms with Crippen LogP contribution in [0.2, 0.25) is 0 Å². The summed E-state index contributed by atoms with van der Waals surface area (Å²) in [5, 5.41) is 11.0. The van der Waals surface area contributed by atoms with Gasteiger partial charge >= 0.3 is 11.9 Å². The van der Waals surface area contributed by atoms with Gasteiger partial charge in [-0.15, -0.1) is 0 Å². The third-order valence-electron chi connectivity index (χ3n) is 8.42. The average molecular weight is 622 g/mol. The number of unbranched alkanes of at least 4 members (excludes halogenated alkanes) is 23. The number of esters is 1. The highest BCUT2D eigenvalue weighted by Gasteiger charge is 2.12. The third kappa shape index (κ3) is 33.1. The summed E-state index contributed by atoms with van der Waals surface area (Å²) in [6.07, 6.45) is 38.1. The third-order valence-corrected chi connectivity index (χ3v) is 8.42. The molecule has 0 aromatic heterocycles. The largest absolute Gasteiger partial charge is 0.480 e. The molecule has 258 valence electrons. The summed E-state index contributed by atoms with van der Waals surface area (Å²) < 4.78 is 5.82. The normalized spacial score (nSPS) is 12.0. The van der Waals surface area contributed by atoms with Crippen molar-refractivity contribution in [1.29, 1.82) is 0 Å². The number of carboxylic acid groups (broad SMARTS) is 1. The van der Waals surface area contributed by atoms with Crippen molar-refractivity contribution in [3.8, 4) is 0 Å². The number of hydrogen-bond donors (Lipinski definition) is 2. The standard InChI is InChI=1S/C38H71NO5/c1-3-5-7-9-10-11-12-13-14-15-16-17-18-19-20-21-22-23-29-33-38(43)44-35(30-26-8-6-4-2)31-27-24-25-28-32-36(40)39-34-37(41)42/h26,30,35H,3-25,27-29,31-34H2,1-2H3,(H,39,40)(H,41,42)/b30-26-. The van der Waals surface area contributed by atoms with Crippen LogP contribution >= 0.6 is 0 Å². The van der Waals surface area contributed by atoms with Gasteiger partial charge in [-0.25, -0.2) is 0 Å². The Bertz CT molecular complexity index is 693. The highest BCUT2D eigenvalue weighted by Crippen LogP contribution is 2.16. The van der Waals surface area contributed by atoms with Gasteiger partial charge < -0.3 is 15.2 Å². The van der Waals surface area contributed by atoms with Gasteiger partial charge in [0.25, 0.3) is 0 Å². The van der Waals surface area contributed by atoms with Crippen molar-refractivity contribution in [1.82, 2.24) is 5.32 Å². The smallest absolute Gasteiger partial charge is 0.322 e. The summed E-state index contributed by atoms with van der Waals surface area (Å²) in [7, 11) is 0. The van der Waals surface area contributed by atoms with Gasteiger partial charge in [0.1, 0.15) is 12.6 Å². The molecule has 1 unspecified atom stereocenters. The number of aliphatic carboxylic acids is 1. The number of hydrogen-bond acceptors (Lipinski definition) is 4. The van der Waals surface area contributed by atoms with Crippen molar-refractivity contribution in [3.05, 3.63) is 12.2 Å². The van der Waals surface area contributed by atoms with E-state index in [4.69, 9.17) is 9.84 Å². The van der Waals surface area contributed by atoms with E-state index < -0.39 is 5.97 Å². The van der Waals surface area contributed by atoms with Gasteiger partial charge in [-0.1, -0.05) is 161 Å². The highest BCUT2D eigenvalue weighted by molar-refractivity contribution is 5.80. The van der Waals surface area contributed by atoms with Crippen LogP contribution in [0.4, 0.5) is 0 Å². The SMILES string of the molecule is CCCC/C=C\C(CCCCCCC(=O)NCC(=O)O)OC(=O)CCCCCCCCCCCCCCCCCCCCC. The molecule has 0 fully saturated rings. The fourth-order valence-electron chi connectivity index (χ4n) is 5.59. The molecule has 0 aromatic carbocycles. The molecule has 44 heavy (non-hydrogen) atoms. The number of rotatable bonds is 34. The van der Waals surface area contributed by atoms with Crippen LogP contribution in [-0.4, -0.2) is 35.6 Å². The van der Waals surface area contributed by atoms with Gasteiger partial charge in [0, 0.05) is 12.8 Å². The van der Waals surface area contributed by atoms with Gasteiger partial charge in [0.05, 0.1) is 0 Å². The minimum absolute atomic E-state index is 0.0859. The topological polar surface area (TPSA) is 92.7 Å². The monoisotopic (exact) mass is 622 g/mol. The summed E-state index contributed by atoms with van der Waals surface area (Å²) in [6.45, 7) is 4.13. The van der Waals surface area contributed by atoms with Crippen LogP contribution in [0.25, 0.3) is 0 Å². The molecule has 0 heterocycles. The summed E-state index contributed by atoms with van der Waals surface area (Å²) >= 11 is 0. The van der Waals surface area contributed by atoms with Crippen LogP contribution in [0, 0.1) is 0 Å². The zero-order valence-electron chi connectivity index (χ0n) is 29.0. The van der Waals surface area contributed by atoms with Crippen molar-refractivity contribution in [3.63, 3.8) is 0 Å². The Balaban J connectivity index is 3.78. The molecule has 0 bridgehead atoms. The molecule has 6 nitrogen and oxygen atoms in total. The van der Waals surface area contributed by atoms with Gasteiger partial charge in [-0.2, -0.15) is 0 Å². The predicted molar refractivity (Wildman–Crippen MR) is 185 cm³/mol. The summed E-state index contributed by atoms with van der Waals surface area (Å²) in [5.41, 5.74) is 0. The van der Waals surface area contributed by atoms with Crippen molar-refractivity contribution >= 4 is 17.8 Å². The predicted octanol–water partition coefficient (Wildman–Crippen LogP) is 11.0. The first-order chi connectivity index (χ1) is 21.5. The lowest BCUT2D eigenvalue weighted by molar-refractivity contribution is -0.147. The minimum Gasteiger partial charge on any atom is -0.480 e. The Morgan fingerprint density at radius 2 is 1.02 bits per heavy atom. The number of nitrogens with one attached hydrogen (secondary N) is 1. The summed E-state index contributed by atoms with van der Waals surface area (Å²) in [5.74, 6) is -1.33. The second-order valence-corrected chi connectivity index (χ2v) is 12.8. The van der Waals surface area contributed by atoms with E-state index in [0.29, 0.717) is 12.8 Å². The number of allylic oxidation sites excluding steroid dienone is 1. The van der Waals surface area contributed by atoms with E-state index in [0.717, 1.165) is 64.2 Å². The average Bonchev–Trinajstić information content (AvgIpc) is 3.00. The van der Waals surface area contributed by atoms with Crippen molar-refractivity contribution in [2.45, 2.75) is 206 Å². The maximum atomic E-state index is 12.5. The number of carbonyl (C=O) groups is 3. The molecule has 1 amide bonds. The van der Waals surface area contributed by atoms with Crippen molar-refractivity contribution in [2.24, 2.45) is 0 Å². The maximum Gasteiger partial charge on any atom is 0.322 e. The van der Waals surface area contributed by atoms with E-state index in [-0.39, 0.29) is 24.5 Å². The van der Waals surface area contributed by atoms with Crippen molar-refractivity contribution in [2.75, 3.05) is 6.54 Å². The van der Waals surface area contributed by atoms with E-state index in [1.807, 2.05) is 0 Å². The molecule has 0 saturated heterocycles. The Kier molecular flexibility index (Phi) is 32.6. The molecule has 0 radical (unpaired) electrons. The molecule has 2 N–H and O–H groups in total. The molecule has 1 atom stereocenters. The van der Waals surface area contributed by atoms with E-state index in [1.165, 1.54) is 109 Å². The molecule has 0 aliphatic carbocycles. The quantitative estimate of drug-likeness (QED) is 0.0423. The van der Waals surface area contributed by atoms with Crippen LogP contribution in [0.5, 0.6) is 0 Å². The van der Waals surface area contributed by atoms with Gasteiger partial charge in [0.15, 0.2) is 0 Å². The Hall–Kier alpha value is -1.85. The van der Waals surface area contributed by atoms with Crippen LogP contribution < -0.4 is 5.32 Å². The van der Waals surface area contributed by atoms with Crippen LogP contribution in [0.15, 0.2) is 12.2 Å². The Morgan fingerprint density at radius 1 is 0.591 bits per heavy atom. The zero-order valence-corrected chi connectivity index (χ0v) is 29.0. The molecule has 0 aliphatic heterocycles. The van der Waals surface area contributed by atoms with E-state index in [1.54, 1.807) is 0 Å². The van der Waals surface area contributed by atoms with E-state index in [2.05, 4.69) is 31.3 Å². The number of carbonyl (C=O) groups excluding carboxylic acids is 2. The first-order valence-corrected chi connectivity index (χ1v) is 18.8. The van der Waals surface area contributed by atoms with E-state index in [9.17, 15) is 14.4 Å². The molecule has 0 aromatic rings. The number of amides is 1. The molecule has 6 heteroatoms. The van der Waals surface area contributed by atoms with Crippen LogP contribution in [0.3, 0.4) is 0 Å². The number of ether oxygens (including phenoxy) is 1. The lowest BCUT2D eigenvalue weighted by Gasteiger charge is -2.15. The molecule has 0 spiro atoms. The molecule has 0 aliphatic rings. The number of carboxylic acids is 1. The second kappa shape index (κ2) is 34.0. The van der Waals surface area contributed by atoms with Crippen molar-refractivity contribution < 1.29 is 24.2 Å². The molecular formula is C38H71NO5. The van der Waals surface area contributed by atoms with Crippen LogP contribution in [-0.2, 0) is 19.1 Å². The Morgan fingerprint density at radius 3 is 1.50 bits per heavy atom. The maximum absolute atomic E-state index is 12.5. The fourth-order valence-corrected chi connectivity index (χ4v) is 5.59. The molecule has 0 rings (SSSR count). The fraction of sp³-hybridized carbons (Fsp3) is 0.868. The lowest BCUT2D eigenvalue weighted by Crippen LogP contribution is -2.28. The first kappa shape index (κ1) is 42.1. The zero-order chi connectivity index (χ0) is 32.4. The van der Waals surface area contributed by atoms with Crippen LogP contribution in [0.1, 0.15) is 200 Å². The minimum atomic E-state index is -1.03. The Labute approximate surface area is 271 Å². The second-order valence-electron chi connectivity index (χ2n) is 12.8. The summed E-state index contributed by atoms with van der Waals surface area (Å²) in [6, 6.07) is 0. The van der Waals surface area contributed by atoms with Gasteiger partial charge in [-0.05, 0) is 38.2 Å². The van der Waals surface area contributed by atoms with E-state index >= 15 is 0 Å². The molecular weight excluding hydrogens is 550 g/mol. The van der Waals surface area contributed by atoms with Gasteiger partial charge in [0.2, 0.25) is 5.91 Å². The lowest BCUT2D eigenvalue weighted by atomic mass is 10.0. The summed E-state index contributed by atoms with van der Waals surface area (Å²) in [4.78, 5) is 34.6. The first-order valence-electron chi connectivity index (χ1n) is 18.8.